The van der Waals surface area contributed by atoms with Crippen LogP contribution in [0.5, 0.6) is 0 Å². The maximum absolute atomic E-state index is 15.4. The SMILES string of the molecule is C=Cc1sc2ccccc2[n+]1Cc1ccccc1.Fc1c(F)c(F)c([B-](c2c(F)c(F)c(F)c(F)c2F)(c2c(F)c(F)c(F)c(F)c2F)c2c(F)c(F)c(F)c(F)c2F)c(F)c1F. The Morgan fingerprint density at radius 1 is 0.381 bits per heavy atom. The van der Waals surface area contributed by atoms with E-state index < -0.39 is 144 Å². The average Bonchev–Trinajstić information content (AvgIpc) is 3.63. The van der Waals surface area contributed by atoms with Crippen molar-refractivity contribution in [1.29, 1.82) is 0 Å². The first-order valence-corrected chi connectivity index (χ1v) is 17.7. The highest BCUT2D eigenvalue weighted by molar-refractivity contribution is 7.20. The molecule has 0 amide bonds. The number of aromatic nitrogens is 1. The lowest BCUT2D eigenvalue weighted by molar-refractivity contribution is -0.659. The first-order valence-electron chi connectivity index (χ1n) is 16.9. The summed E-state index contributed by atoms with van der Waals surface area (Å²) in [6, 6.07) is 19.0. The van der Waals surface area contributed by atoms with Gasteiger partial charge in [-0.25, -0.2) is 87.8 Å². The van der Waals surface area contributed by atoms with Gasteiger partial charge in [-0.05, 0) is 6.07 Å². The normalized spacial score (nSPS) is 11.6. The maximum Gasteiger partial charge on any atom is 0.262 e. The van der Waals surface area contributed by atoms with Gasteiger partial charge in [0.1, 0.15) is 57.4 Å². The van der Waals surface area contributed by atoms with Gasteiger partial charge >= 0.3 is 0 Å². The Bertz CT molecular complexity index is 2630. The van der Waals surface area contributed by atoms with E-state index in [2.05, 4.69) is 59.7 Å². The molecule has 328 valence electrons. The first kappa shape index (κ1) is 46.1. The number of halogens is 20. The molecule has 0 aliphatic rings. The van der Waals surface area contributed by atoms with E-state index in [1.165, 1.54) is 20.8 Å². The molecule has 0 N–H and O–H groups in total. The number of rotatable bonds is 7. The molecule has 63 heavy (non-hydrogen) atoms. The lowest BCUT2D eigenvalue weighted by Crippen LogP contribution is -2.81. The molecule has 0 spiro atoms. The summed E-state index contributed by atoms with van der Waals surface area (Å²) in [6.45, 7) is 4.81. The number of para-hydroxylation sites is 1. The van der Waals surface area contributed by atoms with Gasteiger partial charge in [0.25, 0.3) is 5.01 Å². The third kappa shape index (κ3) is 7.05. The molecule has 1 aromatic heterocycles. The first-order chi connectivity index (χ1) is 29.6. The van der Waals surface area contributed by atoms with E-state index in [1.807, 2.05) is 12.1 Å². The van der Waals surface area contributed by atoms with Crippen LogP contribution in [0.1, 0.15) is 10.6 Å². The number of fused-ring (bicyclic) bond motifs is 1. The van der Waals surface area contributed by atoms with Crippen LogP contribution < -0.4 is 26.4 Å². The highest BCUT2D eigenvalue weighted by Gasteiger charge is 2.52. The minimum Gasteiger partial charge on any atom is -0.207 e. The third-order valence-corrected chi connectivity index (χ3v) is 10.9. The zero-order chi connectivity index (χ0) is 46.7. The molecule has 7 rings (SSSR count). The molecule has 0 fully saturated rings. The van der Waals surface area contributed by atoms with Crippen molar-refractivity contribution in [2.45, 2.75) is 6.54 Å². The minimum atomic E-state index is -7.22. The molecule has 0 aliphatic heterocycles. The van der Waals surface area contributed by atoms with Crippen LogP contribution in [0.4, 0.5) is 87.8 Å². The molecular formula is C40H14BF20NS. The molecule has 0 bridgehead atoms. The zero-order valence-corrected chi connectivity index (χ0v) is 31.0. The Kier molecular flexibility index (Phi) is 12.5. The molecule has 0 saturated heterocycles. The highest BCUT2D eigenvalue weighted by atomic mass is 32.1. The molecule has 7 aromatic rings. The maximum atomic E-state index is 15.4. The minimum absolute atomic E-state index is 0.895. The van der Waals surface area contributed by atoms with Crippen molar-refractivity contribution in [1.82, 2.24) is 0 Å². The number of hydrogen-bond acceptors (Lipinski definition) is 1. The summed E-state index contributed by atoms with van der Waals surface area (Å²) >= 11 is 1.79. The van der Waals surface area contributed by atoms with Crippen molar-refractivity contribution >= 4 is 55.6 Å². The summed E-state index contributed by atoms with van der Waals surface area (Å²) in [4.78, 5) is 0. The van der Waals surface area contributed by atoms with E-state index in [0.29, 0.717) is 0 Å². The standard InChI is InChI=1S/C24BF20.C16H14NS/c26-5-1(6(27)14(35)21(42)13(5)34)25(2-7(28)15(36)22(43)16(37)8(2)29,3-9(30)17(38)23(44)18(39)10(3)31)4-11(32)19(40)24(45)20(41)12(4)33;1-2-16-17(12-13-8-4-3-5-9-13)14-10-6-7-11-15(14)18-16/h;2-11H,1,12H2/q-1;+1. The lowest BCUT2D eigenvalue weighted by atomic mass is 9.12. The number of hydrogen-bond donors (Lipinski definition) is 0. The van der Waals surface area contributed by atoms with Crippen molar-refractivity contribution in [3.8, 4) is 0 Å². The molecule has 23 heteroatoms. The molecule has 6 aromatic carbocycles. The molecule has 1 nitrogen and oxygen atoms in total. The van der Waals surface area contributed by atoms with Crippen molar-refractivity contribution in [3.05, 3.63) is 188 Å². The van der Waals surface area contributed by atoms with Crippen molar-refractivity contribution in [2.24, 2.45) is 0 Å². The van der Waals surface area contributed by atoms with Gasteiger partial charge < -0.3 is 0 Å². The molecular weight excluding hydrogens is 917 g/mol. The Morgan fingerprint density at radius 2 is 0.651 bits per heavy atom. The highest BCUT2D eigenvalue weighted by Crippen LogP contribution is 2.31. The second kappa shape index (κ2) is 17.1. The smallest absolute Gasteiger partial charge is 0.207 e. The van der Waals surface area contributed by atoms with Gasteiger partial charge in [0.05, 0.1) is 0 Å². The fourth-order valence-corrected chi connectivity index (χ4v) is 8.02. The van der Waals surface area contributed by atoms with Crippen LogP contribution >= 0.6 is 11.3 Å². The van der Waals surface area contributed by atoms with Gasteiger partial charge in [-0.2, -0.15) is 4.57 Å². The van der Waals surface area contributed by atoms with E-state index in [4.69, 9.17) is 0 Å². The summed E-state index contributed by atoms with van der Waals surface area (Å²) in [7, 11) is 0. The summed E-state index contributed by atoms with van der Waals surface area (Å²) in [6.07, 6.45) is -5.28. The molecule has 0 aliphatic carbocycles. The van der Waals surface area contributed by atoms with Crippen LogP contribution in [0.25, 0.3) is 16.3 Å². The second-order valence-corrected chi connectivity index (χ2v) is 14.0. The predicted molar refractivity (Wildman–Crippen MR) is 187 cm³/mol. The van der Waals surface area contributed by atoms with Crippen LogP contribution in [-0.2, 0) is 6.54 Å². The topological polar surface area (TPSA) is 3.88 Å². The Labute approximate surface area is 342 Å². The van der Waals surface area contributed by atoms with E-state index >= 15 is 35.1 Å². The van der Waals surface area contributed by atoms with Crippen LogP contribution in [-0.4, -0.2) is 6.15 Å². The molecule has 0 unspecified atom stereocenters. The lowest BCUT2D eigenvalue weighted by Gasteiger charge is -2.44. The largest absolute Gasteiger partial charge is 0.262 e. The fraction of sp³-hybridized carbons (Fsp3) is 0.0250. The monoisotopic (exact) mass is 931 g/mol. The van der Waals surface area contributed by atoms with Crippen LogP contribution in [0, 0.1) is 116 Å². The number of nitrogens with zero attached hydrogens (tertiary/aromatic N) is 1. The Hall–Kier alpha value is -6.39. The molecule has 0 radical (unpaired) electrons. The Morgan fingerprint density at radius 3 is 0.952 bits per heavy atom. The van der Waals surface area contributed by atoms with Crippen LogP contribution in [0.3, 0.4) is 0 Å². The van der Waals surface area contributed by atoms with Crippen molar-refractivity contribution in [2.75, 3.05) is 0 Å². The van der Waals surface area contributed by atoms with Gasteiger partial charge in [-0.3, -0.25) is 0 Å². The second-order valence-electron chi connectivity index (χ2n) is 13.0. The van der Waals surface area contributed by atoms with Crippen LogP contribution in [0.2, 0.25) is 0 Å². The average molecular weight is 931 g/mol. The van der Waals surface area contributed by atoms with Gasteiger partial charge in [-0.15, -0.1) is 21.9 Å². The van der Waals surface area contributed by atoms with E-state index in [0.717, 1.165) is 6.54 Å². The third-order valence-electron chi connectivity index (χ3n) is 9.70. The number of thiazole rings is 1. The summed E-state index contributed by atoms with van der Waals surface area (Å²) in [5.74, 6) is -71.4. The van der Waals surface area contributed by atoms with E-state index in [9.17, 15) is 52.7 Å². The summed E-state index contributed by atoms with van der Waals surface area (Å²) in [5, 5.41) is 1.21. The van der Waals surface area contributed by atoms with Crippen LogP contribution in [0.15, 0.2) is 61.2 Å². The Balaban J connectivity index is 0.000000302. The van der Waals surface area contributed by atoms with Gasteiger partial charge in [-0.1, -0.05) is 60.4 Å². The molecule has 1 heterocycles. The predicted octanol–water partition coefficient (Wildman–Crippen LogP) is 9.73. The van der Waals surface area contributed by atoms with Gasteiger partial charge in [0.15, 0.2) is 76.4 Å². The zero-order valence-electron chi connectivity index (χ0n) is 30.2. The van der Waals surface area contributed by atoms with Gasteiger partial charge in [0, 0.05) is 17.7 Å². The van der Waals surface area contributed by atoms with Gasteiger partial charge in [0.2, 0.25) is 5.52 Å². The van der Waals surface area contributed by atoms with E-state index in [1.54, 1.807) is 11.3 Å². The molecule has 0 atom stereocenters. The quantitative estimate of drug-likeness (QED) is 0.0493. The summed E-state index contributed by atoms with van der Waals surface area (Å²) in [5.41, 5.74) is -11.7. The fourth-order valence-electron chi connectivity index (χ4n) is 7.01. The van der Waals surface area contributed by atoms with E-state index in [-0.39, 0.29) is 0 Å². The summed E-state index contributed by atoms with van der Waals surface area (Å²) < 4.78 is 298. The molecule has 0 saturated carbocycles. The van der Waals surface area contributed by atoms with Crippen molar-refractivity contribution in [3.63, 3.8) is 0 Å². The number of benzene rings is 6. The van der Waals surface area contributed by atoms with Crippen molar-refractivity contribution < 1.29 is 92.4 Å².